The quantitative estimate of drug-likeness (QED) is 0.208. The zero-order valence-corrected chi connectivity index (χ0v) is 25.8. The molecule has 0 aliphatic carbocycles. The summed E-state index contributed by atoms with van der Waals surface area (Å²) < 4.78 is 3.61. The number of pyridine rings is 2. The summed E-state index contributed by atoms with van der Waals surface area (Å²) in [6.07, 6.45) is 3.80. The van der Waals surface area contributed by atoms with E-state index in [9.17, 15) is 0 Å². The number of thiophene rings is 1. The lowest BCUT2D eigenvalue weighted by Gasteiger charge is -2.24. The number of aromatic nitrogens is 4. The van der Waals surface area contributed by atoms with E-state index < -0.39 is 0 Å². The molecule has 7 rings (SSSR count). The van der Waals surface area contributed by atoms with Gasteiger partial charge in [0.25, 0.3) is 0 Å². The van der Waals surface area contributed by atoms with Crippen LogP contribution in [0.5, 0.6) is 0 Å². The van der Waals surface area contributed by atoms with Crippen LogP contribution in [0.3, 0.4) is 0 Å². The highest BCUT2D eigenvalue weighted by atomic mass is 32.1. The number of hydrogen-bond donors (Lipinski definition) is 0. The maximum atomic E-state index is 5.32. The first-order valence-corrected chi connectivity index (χ1v) is 15.5. The molecular formula is C37H34N4S. The van der Waals surface area contributed by atoms with Gasteiger partial charge < -0.3 is 0 Å². The molecule has 5 heteroatoms. The fourth-order valence-electron chi connectivity index (χ4n) is 6.14. The highest BCUT2D eigenvalue weighted by molar-refractivity contribution is 7.26. The van der Waals surface area contributed by atoms with Crippen molar-refractivity contribution in [2.45, 2.75) is 53.4 Å². The Morgan fingerprint density at radius 1 is 0.762 bits per heavy atom. The van der Waals surface area contributed by atoms with Gasteiger partial charge >= 0.3 is 0 Å². The van der Waals surface area contributed by atoms with Gasteiger partial charge in [-0.1, -0.05) is 64.1 Å². The first-order chi connectivity index (χ1) is 20.3. The number of fused-ring (bicyclic) bond motifs is 4. The third-order valence-corrected chi connectivity index (χ3v) is 9.41. The molecule has 0 N–H and O–H groups in total. The number of benzene rings is 3. The summed E-state index contributed by atoms with van der Waals surface area (Å²) in [6.45, 7) is 13.4. The Morgan fingerprint density at radius 3 is 2.21 bits per heavy atom. The lowest BCUT2D eigenvalue weighted by molar-refractivity contribution is 0.811. The van der Waals surface area contributed by atoms with Crippen molar-refractivity contribution in [2.24, 2.45) is 0 Å². The maximum Gasteiger partial charge on any atom is 0.147 e. The molecule has 42 heavy (non-hydrogen) atoms. The molecule has 0 bridgehead atoms. The van der Waals surface area contributed by atoms with Crippen LogP contribution >= 0.6 is 11.3 Å². The number of nitrogens with zero attached hydrogens (tertiary/aromatic N) is 4. The van der Waals surface area contributed by atoms with Crippen LogP contribution in [0.15, 0.2) is 85.2 Å². The average Bonchev–Trinajstić information content (AvgIpc) is 3.56. The topological polar surface area (TPSA) is 43.6 Å². The molecule has 4 heterocycles. The van der Waals surface area contributed by atoms with Crippen LogP contribution < -0.4 is 0 Å². The van der Waals surface area contributed by atoms with Crippen molar-refractivity contribution in [2.75, 3.05) is 0 Å². The first-order valence-electron chi connectivity index (χ1n) is 14.7. The molecule has 0 aliphatic rings. The van der Waals surface area contributed by atoms with Gasteiger partial charge in [-0.3, -0.25) is 9.55 Å². The SMILES string of the molecule is Cc1ccc2c(n1)sc1c(-c3nc4ccncc4n3-c3c(C(C)C)cc(-c4ccccc4)cc3C(C)C)ccc(C)c12. The summed E-state index contributed by atoms with van der Waals surface area (Å²) >= 11 is 1.77. The maximum absolute atomic E-state index is 5.32. The van der Waals surface area contributed by atoms with Gasteiger partial charge in [-0.05, 0) is 89.9 Å². The highest BCUT2D eigenvalue weighted by Gasteiger charge is 2.25. The zero-order chi connectivity index (χ0) is 29.1. The fourth-order valence-corrected chi connectivity index (χ4v) is 7.45. The van der Waals surface area contributed by atoms with Crippen LogP contribution in [-0.2, 0) is 0 Å². The summed E-state index contributed by atoms with van der Waals surface area (Å²) in [5, 5.41) is 2.48. The number of hydrogen-bond acceptors (Lipinski definition) is 4. The second-order valence-electron chi connectivity index (χ2n) is 11.9. The Hall–Kier alpha value is -4.35. The molecule has 0 amide bonds. The van der Waals surface area contributed by atoms with Crippen LogP contribution in [0.2, 0.25) is 0 Å². The molecule has 0 radical (unpaired) electrons. The van der Waals surface area contributed by atoms with E-state index in [1.54, 1.807) is 11.3 Å². The van der Waals surface area contributed by atoms with Gasteiger partial charge in [-0.15, -0.1) is 11.3 Å². The van der Waals surface area contributed by atoms with E-state index in [0.29, 0.717) is 11.8 Å². The normalized spacial score (nSPS) is 12.0. The Bertz CT molecular complexity index is 2090. The first kappa shape index (κ1) is 26.5. The predicted octanol–water partition coefficient (Wildman–Crippen LogP) is 10.4. The fraction of sp³-hybridized carbons (Fsp3) is 0.216. The molecule has 3 aromatic carbocycles. The van der Waals surface area contributed by atoms with Crippen molar-refractivity contribution in [3.63, 3.8) is 0 Å². The Kier molecular flexibility index (Phi) is 6.43. The van der Waals surface area contributed by atoms with E-state index in [1.165, 1.54) is 49.0 Å². The largest absolute Gasteiger partial charge is 0.290 e. The smallest absolute Gasteiger partial charge is 0.147 e. The second kappa shape index (κ2) is 10.2. The molecule has 0 spiro atoms. The predicted molar refractivity (Wildman–Crippen MR) is 178 cm³/mol. The van der Waals surface area contributed by atoms with Crippen LogP contribution in [0, 0.1) is 13.8 Å². The van der Waals surface area contributed by atoms with Crippen LogP contribution in [-0.4, -0.2) is 19.5 Å². The average molecular weight is 567 g/mol. The molecule has 0 saturated carbocycles. The summed E-state index contributed by atoms with van der Waals surface area (Å²) in [7, 11) is 0. The zero-order valence-electron chi connectivity index (χ0n) is 24.9. The Morgan fingerprint density at radius 2 is 1.50 bits per heavy atom. The number of imidazole rings is 1. The molecule has 0 saturated heterocycles. The van der Waals surface area contributed by atoms with Crippen molar-refractivity contribution in [1.82, 2.24) is 19.5 Å². The van der Waals surface area contributed by atoms with Crippen LogP contribution in [0.1, 0.15) is 61.9 Å². The number of aryl methyl sites for hydroxylation is 2. The minimum absolute atomic E-state index is 0.303. The molecule has 0 unspecified atom stereocenters. The molecule has 0 atom stereocenters. The Labute approximate surface area is 250 Å². The van der Waals surface area contributed by atoms with E-state index in [0.717, 1.165) is 32.9 Å². The van der Waals surface area contributed by atoms with Crippen molar-refractivity contribution in [1.29, 1.82) is 0 Å². The summed E-state index contributed by atoms with van der Waals surface area (Å²) in [5.74, 6) is 1.55. The summed E-state index contributed by atoms with van der Waals surface area (Å²) in [5.41, 5.74) is 11.7. The van der Waals surface area contributed by atoms with E-state index in [1.807, 2.05) is 18.5 Å². The van der Waals surface area contributed by atoms with Crippen molar-refractivity contribution >= 4 is 42.7 Å². The van der Waals surface area contributed by atoms with E-state index in [-0.39, 0.29) is 0 Å². The van der Waals surface area contributed by atoms with Gasteiger partial charge in [0.2, 0.25) is 0 Å². The van der Waals surface area contributed by atoms with Gasteiger partial charge in [-0.2, -0.15) is 0 Å². The van der Waals surface area contributed by atoms with E-state index in [4.69, 9.17) is 9.97 Å². The number of rotatable bonds is 5. The van der Waals surface area contributed by atoms with Crippen LogP contribution in [0.4, 0.5) is 0 Å². The van der Waals surface area contributed by atoms with Gasteiger partial charge in [-0.25, -0.2) is 9.97 Å². The van der Waals surface area contributed by atoms with Crippen molar-refractivity contribution in [3.8, 4) is 28.2 Å². The third-order valence-electron chi connectivity index (χ3n) is 8.27. The standard InChI is InChI=1S/C37H34N4S/c1-21(2)29-18-26(25-10-8-7-9-11-25)19-30(22(3)4)34(29)41-32-20-38-17-16-31(32)40-36(41)28-14-12-23(5)33-27-15-13-24(6)39-37(27)42-35(28)33/h7-22H,1-6H3. The third kappa shape index (κ3) is 4.23. The van der Waals surface area contributed by atoms with Crippen molar-refractivity contribution in [3.05, 3.63) is 108 Å². The Balaban J connectivity index is 1.60. The second-order valence-corrected chi connectivity index (χ2v) is 12.9. The molecule has 0 aliphatic heterocycles. The van der Waals surface area contributed by atoms with Crippen molar-refractivity contribution < 1.29 is 0 Å². The molecule has 4 nitrogen and oxygen atoms in total. The molecule has 7 aromatic rings. The van der Waals surface area contributed by atoms with Gasteiger partial charge in [0, 0.05) is 32.9 Å². The highest BCUT2D eigenvalue weighted by Crippen LogP contribution is 2.44. The van der Waals surface area contributed by atoms with Gasteiger partial charge in [0.1, 0.15) is 10.7 Å². The molecule has 0 fully saturated rings. The summed E-state index contributed by atoms with van der Waals surface area (Å²) in [6, 6.07) is 26.3. The monoisotopic (exact) mass is 566 g/mol. The summed E-state index contributed by atoms with van der Waals surface area (Å²) in [4.78, 5) is 15.9. The van der Waals surface area contributed by atoms with Gasteiger partial charge in [0.05, 0.1) is 22.9 Å². The van der Waals surface area contributed by atoms with E-state index in [2.05, 4.69) is 118 Å². The minimum atomic E-state index is 0.303. The molecule has 208 valence electrons. The lowest BCUT2D eigenvalue weighted by atomic mass is 9.88. The van der Waals surface area contributed by atoms with E-state index >= 15 is 0 Å². The lowest BCUT2D eigenvalue weighted by Crippen LogP contribution is -2.09. The minimum Gasteiger partial charge on any atom is -0.290 e. The van der Waals surface area contributed by atoms with Crippen LogP contribution in [0.25, 0.3) is 59.5 Å². The molecule has 4 aromatic heterocycles. The van der Waals surface area contributed by atoms with Gasteiger partial charge in [0.15, 0.2) is 0 Å². The molecular weight excluding hydrogens is 533 g/mol.